The van der Waals surface area contributed by atoms with Crippen LogP contribution in [0.1, 0.15) is 24.2 Å². The van der Waals surface area contributed by atoms with Crippen molar-refractivity contribution in [3.05, 3.63) is 28.8 Å². The Kier molecular flexibility index (Phi) is 2.04. The van der Waals surface area contributed by atoms with Crippen LogP contribution in [0.4, 0.5) is 5.69 Å². The number of carbonyl (C=O) groups is 1. The monoisotopic (exact) mass is 209 g/mol. The zero-order valence-corrected chi connectivity index (χ0v) is 8.98. The predicted molar refractivity (Wildman–Crippen MR) is 58.1 cm³/mol. The highest BCUT2D eigenvalue weighted by molar-refractivity contribution is 6.34. The Hall–Kier alpha value is -1.02. The molecule has 0 saturated heterocycles. The fourth-order valence-corrected chi connectivity index (χ4v) is 1.89. The Morgan fingerprint density at radius 2 is 2.14 bits per heavy atom. The molecule has 0 atom stereocenters. The number of halogens is 1. The van der Waals surface area contributed by atoms with Crippen LogP contribution in [-0.4, -0.2) is 12.3 Å². The molecular weight excluding hydrogens is 198 g/mol. The summed E-state index contributed by atoms with van der Waals surface area (Å²) in [4.78, 5) is 12.0. The average molecular weight is 210 g/mol. The van der Waals surface area contributed by atoms with Gasteiger partial charge in [-0.2, -0.15) is 0 Å². The molecule has 1 heterocycles. The second-order valence-corrected chi connectivity index (χ2v) is 4.64. The summed E-state index contributed by atoms with van der Waals surface area (Å²) in [6, 6.07) is 5.42. The highest BCUT2D eigenvalue weighted by Crippen LogP contribution is 2.36. The number of nitrogens with one attached hydrogen (secondary N) is 1. The molecule has 0 spiro atoms. The Labute approximate surface area is 88.3 Å². The van der Waals surface area contributed by atoms with Crippen molar-refractivity contribution in [2.45, 2.75) is 13.8 Å². The normalized spacial score (nSPS) is 18.6. The van der Waals surface area contributed by atoms with Gasteiger partial charge in [0.05, 0.1) is 10.7 Å². The van der Waals surface area contributed by atoms with E-state index < -0.39 is 0 Å². The Bertz CT molecular complexity index is 398. The number of anilines is 1. The summed E-state index contributed by atoms with van der Waals surface area (Å²) in [5.41, 5.74) is 1.14. The van der Waals surface area contributed by atoms with E-state index in [4.69, 9.17) is 11.6 Å². The smallest absolute Gasteiger partial charge is 0.172 e. The van der Waals surface area contributed by atoms with Crippen molar-refractivity contribution < 1.29 is 4.79 Å². The molecule has 14 heavy (non-hydrogen) atoms. The fourth-order valence-electron chi connectivity index (χ4n) is 1.65. The van der Waals surface area contributed by atoms with Crippen LogP contribution < -0.4 is 5.32 Å². The first-order valence-corrected chi connectivity index (χ1v) is 4.97. The summed E-state index contributed by atoms with van der Waals surface area (Å²) in [6.07, 6.45) is 0. The molecule has 1 aromatic carbocycles. The largest absolute Gasteiger partial charge is 0.382 e. The van der Waals surface area contributed by atoms with Crippen LogP contribution in [0.25, 0.3) is 0 Å². The molecule has 0 aliphatic carbocycles. The summed E-state index contributed by atoms with van der Waals surface area (Å²) >= 11 is 5.99. The van der Waals surface area contributed by atoms with Crippen molar-refractivity contribution in [1.82, 2.24) is 0 Å². The quantitative estimate of drug-likeness (QED) is 0.712. The van der Waals surface area contributed by atoms with Gasteiger partial charge in [-0.05, 0) is 12.1 Å². The maximum atomic E-state index is 12.0. The lowest BCUT2D eigenvalue weighted by Crippen LogP contribution is -2.37. The van der Waals surface area contributed by atoms with Crippen LogP contribution in [0, 0.1) is 5.41 Å². The van der Waals surface area contributed by atoms with Gasteiger partial charge in [-0.25, -0.2) is 0 Å². The number of fused-ring (bicyclic) bond motifs is 1. The zero-order valence-electron chi connectivity index (χ0n) is 8.23. The van der Waals surface area contributed by atoms with E-state index in [2.05, 4.69) is 5.32 Å². The number of benzene rings is 1. The van der Waals surface area contributed by atoms with E-state index in [1.54, 1.807) is 6.07 Å². The van der Waals surface area contributed by atoms with Crippen molar-refractivity contribution in [3.8, 4) is 0 Å². The molecule has 0 saturated carbocycles. The molecule has 74 valence electrons. The molecule has 0 radical (unpaired) electrons. The van der Waals surface area contributed by atoms with Crippen LogP contribution >= 0.6 is 11.6 Å². The minimum Gasteiger partial charge on any atom is -0.382 e. The summed E-state index contributed by atoms with van der Waals surface area (Å²) in [5, 5.41) is 3.82. The number of hydrogen-bond donors (Lipinski definition) is 1. The van der Waals surface area contributed by atoms with Crippen LogP contribution in [0.2, 0.25) is 5.02 Å². The van der Waals surface area contributed by atoms with E-state index in [0.29, 0.717) is 17.1 Å². The highest BCUT2D eigenvalue weighted by Gasteiger charge is 2.34. The Balaban J connectivity index is 2.57. The van der Waals surface area contributed by atoms with Gasteiger partial charge < -0.3 is 5.32 Å². The van der Waals surface area contributed by atoms with Crippen molar-refractivity contribution in [2.24, 2.45) is 5.41 Å². The van der Waals surface area contributed by atoms with Gasteiger partial charge in [0.25, 0.3) is 0 Å². The van der Waals surface area contributed by atoms with Crippen LogP contribution in [0.3, 0.4) is 0 Å². The van der Waals surface area contributed by atoms with Crippen LogP contribution in [0.15, 0.2) is 18.2 Å². The van der Waals surface area contributed by atoms with Gasteiger partial charge in [-0.1, -0.05) is 31.5 Å². The maximum absolute atomic E-state index is 12.0. The molecule has 0 fully saturated rings. The molecule has 2 nitrogen and oxygen atoms in total. The second-order valence-electron chi connectivity index (χ2n) is 4.23. The van der Waals surface area contributed by atoms with E-state index in [-0.39, 0.29) is 11.2 Å². The zero-order chi connectivity index (χ0) is 10.3. The van der Waals surface area contributed by atoms with E-state index >= 15 is 0 Å². The first kappa shape index (κ1) is 9.53. The average Bonchev–Trinajstić information content (AvgIpc) is 2.13. The third-order valence-corrected chi connectivity index (χ3v) is 2.89. The van der Waals surface area contributed by atoms with Crippen molar-refractivity contribution in [1.29, 1.82) is 0 Å². The number of ketones is 1. The molecule has 1 aliphatic rings. The van der Waals surface area contributed by atoms with Crippen molar-refractivity contribution in [2.75, 3.05) is 11.9 Å². The lowest BCUT2D eigenvalue weighted by molar-refractivity contribution is 0.0845. The standard InChI is InChI=1S/C11H12ClNO/c1-11(2)6-13-9-7(10(11)14)4-3-5-8(9)12/h3-5,13H,6H2,1-2H3. The first-order valence-electron chi connectivity index (χ1n) is 4.59. The minimum absolute atomic E-state index is 0.161. The van der Waals surface area contributed by atoms with Crippen LogP contribution in [0.5, 0.6) is 0 Å². The summed E-state index contributed by atoms with van der Waals surface area (Å²) < 4.78 is 0. The number of carbonyl (C=O) groups excluding carboxylic acids is 1. The number of Topliss-reactive ketones (excluding diaryl/α,β-unsaturated/α-hetero) is 1. The molecule has 1 N–H and O–H groups in total. The van der Waals surface area contributed by atoms with Gasteiger partial charge in [-0.3, -0.25) is 4.79 Å². The molecule has 0 unspecified atom stereocenters. The predicted octanol–water partition coefficient (Wildman–Crippen LogP) is 2.97. The van der Waals surface area contributed by atoms with Gasteiger partial charge >= 0.3 is 0 Å². The van der Waals surface area contributed by atoms with Gasteiger partial charge in [-0.15, -0.1) is 0 Å². The Morgan fingerprint density at radius 3 is 2.86 bits per heavy atom. The van der Waals surface area contributed by atoms with Gasteiger partial charge in [0.2, 0.25) is 0 Å². The van der Waals surface area contributed by atoms with Crippen LogP contribution in [-0.2, 0) is 0 Å². The van der Waals surface area contributed by atoms with E-state index in [1.165, 1.54) is 0 Å². The number of rotatable bonds is 0. The first-order chi connectivity index (χ1) is 6.52. The summed E-state index contributed by atoms with van der Waals surface area (Å²) in [5.74, 6) is 0.161. The fraction of sp³-hybridized carbons (Fsp3) is 0.364. The maximum Gasteiger partial charge on any atom is 0.172 e. The third-order valence-electron chi connectivity index (χ3n) is 2.58. The molecule has 0 amide bonds. The second kappa shape index (κ2) is 2.99. The van der Waals surface area contributed by atoms with Crippen molar-refractivity contribution in [3.63, 3.8) is 0 Å². The molecule has 3 heteroatoms. The van der Waals surface area contributed by atoms with E-state index in [0.717, 1.165) is 5.69 Å². The SMILES string of the molecule is CC1(C)CNc2c(Cl)cccc2C1=O. The lowest BCUT2D eigenvalue weighted by atomic mass is 9.81. The third kappa shape index (κ3) is 1.30. The van der Waals surface area contributed by atoms with E-state index in [1.807, 2.05) is 26.0 Å². The summed E-state index contributed by atoms with van der Waals surface area (Å²) in [6.45, 7) is 4.51. The lowest BCUT2D eigenvalue weighted by Gasteiger charge is -2.31. The minimum atomic E-state index is -0.336. The molecule has 1 aromatic rings. The molecule has 0 aromatic heterocycles. The molecule has 2 rings (SSSR count). The topological polar surface area (TPSA) is 29.1 Å². The number of hydrogen-bond acceptors (Lipinski definition) is 2. The van der Waals surface area contributed by atoms with E-state index in [9.17, 15) is 4.79 Å². The van der Waals surface area contributed by atoms with Gasteiger partial charge in [0.1, 0.15) is 0 Å². The van der Waals surface area contributed by atoms with Crippen molar-refractivity contribution >= 4 is 23.1 Å². The molecule has 0 bridgehead atoms. The molecular formula is C11H12ClNO. The molecule has 1 aliphatic heterocycles. The van der Waals surface area contributed by atoms with Gasteiger partial charge in [0.15, 0.2) is 5.78 Å². The number of para-hydroxylation sites is 1. The summed E-state index contributed by atoms with van der Waals surface area (Å²) in [7, 11) is 0. The Morgan fingerprint density at radius 1 is 1.43 bits per heavy atom. The highest BCUT2D eigenvalue weighted by atomic mass is 35.5. The van der Waals surface area contributed by atoms with Gasteiger partial charge in [0, 0.05) is 17.5 Å².